The van der Waals surface area contributed by atoms with Crippen molar-refractivity contribution in [3.8, 4) is 0 Å². The highest BCUT2D eigenvalue weighted by molar-refractivity contribution is 7.99. The second-order valence-corrected chi connectivity index (χ2v) is 9.25. The zero-order chi connectivity index (χ0) is 19.2. The number of hydrogen-bond donors (Lipinski definition) is 1. The molecule has 1 saturated heterocycles. The summed E-state index contributed by atoms with van der Waals surface area (Å²) in [6, 6.07) is 4.03. The molecule has 2 amide bonds. The molecule has 148 valence electrons. The van der Waals surface area contributed by atoms with Gasteiger partial charge in [0.15, 0.2) is 0 Å². The van der Waals surface area contributed by atoms with E-state index in [-0.39, 0.29) is 17.7 Å². The maximum Gasteiger partial charge on any atom is 0.270 e. The van der Waals surface area contributed by atoms with E-state index in [4.69, 9.17) is 0 Å². The monoisotopic (exact) mass is 407 g/mol. The topological polar surface area (TPSA) is 54.3 Å². The lowest BCUT2D eigenvalue weighted by atomic mass is 9.95. The molecule has 2 aromatic rings. The van der Waals surface area contributed by atoms with Crippen LogP contribution in [0.15, 0.2) is 17.5 Å². The molecule has 5 nitrogen and oxygen atoms in total. The van der Waals surface area contributed by atoms with Crippen LogP contribution in [0.1, 0.15) is 43.1 Å². The van der Waals surface area contributed by atoms with E-state index in [0.29, 0.717) is 13.1 Å². The molecule has 1 N–H and O–H groups in total. The number of aryl methyl sites for hydroxylation is 1. The Labute approximate surface area is 169 Å². The highest BCUT2D eigenvalue weighted by atomic mass is 32.2. The molecule has 1 aliphatic heterocycles. The molecule has 0 aromatic carbocycles. The van der Waals surface area contributed by atoms with E-state index in [2.05, 4.69) is 12.2 Å². The number of rotatable bonds is 8. The first-order valence-corrected chi connectivity index (χ1v) is 11.8. The molecule has 2 aromatic heterocycles. The Kier molecular flexibility index (Phi) is 7.24. The first-order valence-electron chi connectivity index (χ1n) is 9.79. The summed E-state index contributed by atoms with van der Waals surface area (Å²) >= 11 is 3.61. The highest BCUT2D eigenvalue weighted by Crippen LogP contribution is 2.26. The van der Waals surface area contributed by atoms with Gasteiger partial charge >= 0.3 is 0 Å². The second kappa shape index (κ2) is 9.64. The van der Waals surface area contributed by atoms with Crippen LogP contribution in [0.3, 0.4) is 0 Å². The smallest absolute Gasteiger partial charge is 0.270 e. The maximum atomic E-state index is 12.9. The van der Waals surface area contributed by atoms with Gasteiger partial charge in [-0.25, -0.2) is 0 Å². The van der Waals surface area contributed by atoms with E-state index in [9.17, 15) is 9.59 Å². The number of aromatic nitrogens is 1. The molecular formula is C20H29N3O2S2. The van der Waals surface area contributed by atoms with E-state index >= 15 is 0 Å². The lowest BCUT2D eigenvalue weighted by molar-refractivity contribution is -0.126. The number of thiophene rings is 1. The fraction of sp³-hybridized carbons (Fsp3) is 0.600. The number of fused-ring (bicyclic) bond motifs is 1. The number of piperidine rings is 1. The Morgan fingerprint density at radius 3 is 2.78 bits per heavy atom. The van der Waals surface area contributed by atoms with Crippen LogP contribution in [0.5, 0.6) is 0 Å². The summed E-state index contributed by atoms with van der Waals surface area (Å²) < 4.78 is 3.12. The van der Waals surface area contributed by atoms with Crippen LogP contribution >= 0.6 is 23.1 Å². The van der Waals surface area contributed by atoms with Gasteiger partial charge in [-0.15, -0.1) is 11.3 Å². The minimum absolute atomic E-state index is 0.0363. The summed E-state index contributed by atoms with van der Waals surface area (Å²) in [5, 5.41) is 5.12. The molecule has 0 radical (unpaired) electrons. The summed E-state index contributed by atoms with van der Waals surface area (Å²) in [4.78, 5) is 27.1. The third-order valence-corrected chi connectivity index (χ3v) is 7.28. The van der Waals surface area contributed by atoms with Crippen LogP contribution in [-0.2, 0) is 11.8 Å². The van der Waals surface area contributed by atoms with Crippen molar-refractivity contribution in [2.75, 3.05) is 31.1 Å². The van der Waals surface area contributed by atoms with Crippen molar-refractivity contribution < 1.29 is 9.59 Å². The molecule has 0 spiro atoms. The highest BCUT2D eigenvalue weighted by Gasteiger charge is 2.29. The molecule has 0 atom stereocenters. The van der Waals surface area contributed by atoms with E-state index in [1.165, 1.54) is 12.2 Å². The Hall–Kier alpha value is -1.47. The maximum absolute atomic E-state index is 12.9. The van der Waals surface area contributed by atoms with Crippen molar-refractivity contribution in [2.45, 2.75) is 32.6 Å². The number of likely N-dealkylation sites (tertiary alicyclic amines) is 1. The number of hydrogen-bond acceptors (Lipinski definition) is 4. The molecule has 7 heteroatoms. The van der Waals surface area contributed by atoms with E-state index < -0.39 is 0 Å². The second-order valence-electron chi connectivity index (χ2n) is 7.08. The van der Waals surface area contributed by atoms with Crippen LogP contribution < -0.4 is 5.32 Å². The molecule has 0 bridgehead atoms. The third kappa shape index (κ3) is 4.88. The van der Waals surface area contributed by atoms with Gasteiger partial charge in [0.1, 0.15) is 5.69 Å². The SMILES string of the molecule is CCCSCCCNC(=O)C1CCN(C(=O)c2cc3sccc3n2C)CC1. The number of carbonyl (C=O) groups is 2. The zero-order valence-corrected chi connectivity index (χ0v) is 17.8. The number of thioether (sulfide) groups is 1. The molecular weight excluding hydrogens is 378 g/mol. The molecule has 0 saturated carbocycles. The van der Waals surface area contributed by atoms with E-state index in [0.717, 1.165) is 47.5 Å². The number of nitrogens with zero attached hydrogens (tertiary/aromatic N) is 2. The van der Waals surface area contributed by atoms with Crippen LogP contribution in [0.25, 0.3) is 10.2 Å². The Morgan fingerprint density at radius 2 is 2.07 bits per heavy atom. The summed E-state index contributed by atoms with van der Waals surface area (Å²) in [7, 11) is 1.95. The Bertz CT molecular complexity index is 775. The number of carbonyl (C=O) groups excluding carboxylic acids is 2. The van der Waals surface area contributed by atoms with Crippen LogP contribution in [-0.4, -0.2) is 52.4 Å². The predicted octanol–water partition coefficient (Wildman–Crippen LogP) is 3.74. The standard InChI is InChI=1S/C20H29N3O2S2/c1-3-11-26-12-4-8-21-19(24)15-5-9-23(10-6-15)20(25)17-14-18-16(22(17)2)7-13-27-18/h7,13-15H,3-6,8-12H2,1-2H3,(H,21,24). The third-order valence-electron chi connectivity index (χ3n) is 5.15. The zero-order valence-electron chi connectivity index (χ0n) is 16.2. The van der Waals surface area contributed by atoms with Gasteiger partial charge in [-0.2, -0.15) is 11.8 Å². The van der Waals surface area contributed by atoms with Crippen LogP contribution in [0.2, 0.25) is 0 Å². The van der Waals surface area contributed by atoms with Crippen molar-refractivity contribution in [1.82, 2.24) is 14.8 Å². The van der Waals surface area contributed by atoms with Gasteiger partial charge in [0.2, 0.25) is 5.91 Å². The minimum atomic E-state index is 0.0363. The predicted molar refractivity (Wildman–Crippen MR) is 115 cm³/mol. The van der Waals surface area contributed by atoms with Gasteiger partial charge in [0.25, 0.3) is 5.91 Å². The van der Waals surface area contributed by atoms with Crippen molar-refractivity contribution in [2.24, 2.45) is 13.0 Å². The first kappa shape index (κ1) is 20.3. The van der Waals surface area contributed by atoms with Gasteiger partial charge in [0, 0.05) is 32.6 Å². The molecule has 1 aliphatic rings. The van der Waals surface area contributed by atoms with Gasteiger partial charge in [-0.3, -0.25) is 9.59 Å². The van der Waals surface area contributed by atoms with Crippen molar-refractivity contribution in [3.63, 3.8) is 0 Å². The molecule has 0 unspecified atom stereocenters. The van der Waals surface area contributed by atoms with Crippen molar-refractivity contribution >= 4 is 45.1 Å². The molecule has 0 aliphatic carbocycles. The fourth-order valence-corrected chi connectivity index (χ4v) is 5.23. The Balaban J connectivity index is 1.44. The lowest BCUT2D eigenvalue weighted by Crippen LogP contribution is -2.43. The normalized spacial score (nSPS) is 15.4. The van der Waals surface area contributed by atoms with Crippen LogP contribution in [0.4, 0.5) is 0 Å². The van der Waals surface area contributed by atoms with Gasteiger partial charge in [0.05, 0.1) is 10.2 Å². The van der Waals surface area contributed by atoms with Gasteiger partial charge < -0.3 is 14.8 Å². The number of amides is 2. The van der Waals surface area contributed by atoms with E-state index in [1.54, 1.807) is 11.3 Å². The van der Waals surface area contributed by atoms with Crippen molar-refractivity contribution in [1.29, 1.82) is 0 Å². The van der Waals surface area contributed by atoms with Gasteiger partial charge in [-0.05, 0) is 54.7 Å². The summed E-state index contributed by atoms with van der Waals surface area (Å²) in [6.07, 6.45) is 3.73. The van der Waals surface area contributed by atoms with E-state index in [1.807, 2.05) is 45.8 Å². The fourth-order valence-electron chi connectivity index (χ4n) is 3.54. The molecule has 3 heterocycles. The molecule has 1 fully saturated rings. The van der Waals surface area contributed by atoms with Crippen LogP contribution in [0, 0.1) is 5.92 Å². The number of nitrogens with one attached hydrogen (secondary N) is 1. The first-order chi connectivity index (χ1) is 13.1. The average molecular weight is 408 g/mol. The largest absolute Gasteiger partial charge is 0.356 e. The Morgan fingerprint density at radius 1 is 1.30 bits per heavy atom. The summed E-state index contributed by atoms with van der Waals surface area (Å²) in [6.45, 7) is 4.26. The average Bonchev–Trinajstić information content (AvgIpc) is 3.27. The summed E-state index contributed by atoms with van der Waals surface area (Å²) in [5.41, 5.74) is 1.85. The van der Waals surface area contributed by atoms with Crippen molar-refractivity contribution in [3.05, 3.63) is 23.2 Å². The lowest BCUT2D eigenvalue weighted by Gasteiger charge is -2.31. The quantitative estimate of drug-likeness (QED) is 0.678. The van der Waals surface area contributed by atoms with Gasteiger partial charge in [-0.1, -0.05) is 6.92 Å². The molecule has 3 rings (SSSR count). The molecule has 27 heavy (non-hydrogen) atoms. The summed E-state index contributed by atoms with van der Waals surface area (Å²) in [5.74, 6) is 2.57. The minimum Gasteiger partial charge on any atom is -0.356 e.